The number of carbonyl (C=O) groups is 2. The highest BCUT2D eigenvalue weighted by molar-refractivity contribution is 6.35. The molecule has 8 nitrogen and oxygen atoms in total. The van der Waals surface area contributed by atoms with Crippen molar-refractivity contribution in [1.29, 1.82) is 0 Å². The van der Waals surface area contributed by atoms with E-state index in [4.69, 9.17) is 28.3 Å². The second-order valence-electron chi connectivity index (χ2n) is 5.78. The standard InChI is InChI=1S/C17H15Cl2N5O3/c1-10-7-15(20-16(25)9-23-6-5-14(21-23)17(26)27)22-24(10)8-11-12(18)3-2-4-13(11)19/h2-7H,8-9H2,1H3,(H,26,27)(H,20,22,25). The molecule has 2 heterocycles. The summed E-state index contributed by atoms with van der Waals surface area (Å²) in [5, 5.41) is 20.7. The molecule has 0 aliphatic rings. The van der Waals surface area contributed by atoms with Gasteiger partial charge in [0, 0.05) is 33.6 Å². The molecule has 140 valence electrons. The van der Waals surface area contributed by atoms with Crippen molar-refractivity contribution in [1.82, 2.24) is 19.6 Å². The van der Waals surface area contributed by atoms with Gasteiger partial charge in [0.15, 0.2) is 11.5 Å². The van der Waals surface area contributed by atoms with E-state index in [1.54, 1.807) is 28.9 Å². The third-order valence-electron chi connectivity index (χ3n) is 3.78. The van der Waals surface area contributed by atoms with Crippen LogP contribution in [0.5, 0.6) is 0 Å². The smallest absolute Gasteiger partial charge is 0.356 e. The quantitative estimate of drug-likeness (QED) is 0.653. The number of aryl methyl sites for hydroxylation is 1. The lowest BCUT2D eigenvalue weighted by atomic mass is 10.2. The molecule has 0 fully saturated rings. The Hall–Kier alpha value is -2.84. The first kappa shape index (κ1) is 18.9. The summed E-state index contributed by atoms with van der Waals surface area (Å²) in [5.41, 5.74) is 1.43. The average Bonchev–Trinajstić information content (AvgIpc) is 3.18. The Morgan fingerprint density at radius 2 is 1.89 bits per heavy atom. The molecule has 0 spiro atoms. The van der Waals surface area contributed by atoms with Gasteiger partial charge in [-0.2, -0.15) is 10.2 Å². The van der Waals surface area contributed by atoms with E-state index in [9.17, 15) is 9.59 Å². The molecule has 0 radical (unpaired) electrons. The van der Waals surface area contributed by atoms with Crippen LogP contribution in [0.2, 0.25) is 10.0 Å². The number of hydrogen-bond donors (Lipinski definition) is 2. The Balaban J connectivity index is 1.68. The van der Waals surface area contributed by atoms with Gasteiger partial charge in [0.1, 0.15) is 6.54 Å². The van der Waals surface area contributed by atoms with Crippen molar-refractivity contribution in [3.05, 3.63) is 63.5 Å². The van der Waals surface area contributed by atoms with Crippen LogP contribution in [0.3, 0.4) is 0 Å². The minimum absolute atomic E-state index is 0.125. The largest absolute Gasteiger partial charge is 0.476 e. The van der Waals surface area contributed by atoms with E-state index < -0.39 is 5.97 Å². The van der Waals surface area contributed by atoms with Crippen LogP contribution in [0, 0.1) is 6.92 Å². The number of rotatable bonds is 6. The zero-order chi connectivity index (χ0) is 19.6. The van der Waals surface area contributed by atoms with Crippen LogP contribution in [0.4, 0.5) is 5.82 Å². The van der Waals surface area contributed by atoms with Gasteiger partial charge in [-0.1, -0.05) is 29.3 Å². The van der Waals surface area contributed by atoms with Gasteiger partial charge >= 0.3 is 5.97 Å². The summed E-state index contributed by atoms with van der Waals surface area (Å²) in [5.74, 6) is -1.16. The predicted molar refractivity (Wildman–Crippen MR) is 100 cm³/mol. The van der Waals surface area contributed by atoms with Crippen molar-refractivity contribution in [3.63, 3.8) is 0 Å². The molecule has 0 saturated heterocycles. The van der Waals surface area contributed by atoms with E-state index >= 15 is 0 Å². The Bertz CT molecular complexity index is 992. The van der Waals surface area contributed by atoms with Crippen LogP contribution in [-0.2, 0) is 17.9 Å². The molecule has 0 aliphatic heterocycles. The Morgan fingerprint density at radius 1 is 1.19 bits per heavy atom. The van der Waals surface area contributed by atoms with Crippen molar-refractivity contribution < 1.29 is 14.7 Å². The highest BCUT2D eigenvalue weighted by Crippen LogP contribution is 2.25. The molecular formula is C17H15Cl2N5O3. The van der Waals surface area contributed by atoms with Gasteiger partial charge in [-0.3, -0.25) is 14.2 Å². The number of carbonyl (C=O) groups excluding carboxylic acids is 1. The molecule has 10 heteroatoms. The van der Waals surface area contributed by atoms with E-state index in [0.29, 0.717) is 22.4 Å². The van der Waals surface area contributed by atoms with Gasteiger partial charge < -0.3 is 10.4 Å². The number of halogens is 2. The lowest BCUT2D eigenvalue weighted by Gasteiger charge is -2.08. The second-order valence-corrected chi connectivity index (χ2v) is 6.60. The number of anilines is 1. The number of carboxylic acids is 1. The molecule has 0 aliphatic carbocycles. The SMILES string of the molecule is Cc1cc(NC(=O)Cn2ccc(C(=O)O)n2)nn1Cc1c(Cl)cccc1Cl. The van der Waals surface area contributed by atoms with Crippen LogP contribution in [0.25, 0.3) is 0 Å². The second kappa shape index (κ2) is 7.81. The fourth-order valence-corrected chi connectivity index (χ4v) is 2.97. The maximum absolute atomic E-state index is 12.1. The fourth-order valence-electron chi connectivity index (χ4n) is 2.46. The summed E-state index contributed by atoms with van der Waals surface area (Å²) in [6.07, 6.45) is 1.42. The van der Waals surface area contributed by atoms with E-state index in [-0.39, 0.29) is 18.1 Å². The van der Waals surface area contributed by atoms with Gasteiger partial charge in [-0.15, -0.1) is 0 Å². The first-order valence-electron chi connectivity index (χ1n) is 7.87. The molecule has 0 saturated carbocycles. The molecule has 0 bridgehead atoms. The molecule has 2 aromatic heterocycles. The highest BCUT2D eigenvalue weighted by Gasteiger charge is 2.13. The molecule has 1 amide bonds. The molecule has 0 atom stereocenters. The van der Waals surface area contributed by atoms with E-state index in [2.05, 4.69) is 15.5 Å². The number of aromatic carboxylic acids is 1. The van der Waals surface area contributed by atoms with Crippen LogP contribution in [0.1, 0.15) is 21.7 Å². The van der Waals surface area contributed by atoms with Crippen LogP contribution in [-0.4, -0.2) is 36.5 Å². The molecule has 2 N–H and O–H groups in total. The van der Waals surface area contributed by atoms with Crippen molar-refractivity contribution in [3.8, 4) is 0 Å². The van der Waals surface area contributed by atoms with Crippen molar-refractivity contribution >= 4 is 40.9 Å². The molecule has 3 aromatic rings. The molecule has 27 heavy (non-hydrogen) atoms. The number of hydrogen-bond acceptors (Lipinski definition) is 4. The normalized spacial score (nSPS) is 10.8. The van der Waals surface area contributed by atoms with Gasteiger partial charge in [0.05, 0.1) is 6.54 Å². The lowest BCUT2D eigenvalue weighted by Crippen LogP contribution is -2.20. The summed E-state index contributed by atoms with van der Waals surface area (Å²) in [7, 11) is 0. The van der Waals surface area contributed by atoms with Gasteiger partial charge in [0.2, 0.25) is 5.91 Å². The molecular weight excluding hydrogens is 393 g/mol. The monoisotopic (exact) mass is 407 g/mol. The number of benzene rings is 1. The number of aromatic nitrogens is 4. The first-order chi connectivity index (χ1) is 12.8. The van der Waals surface area contributed by atoms with Crippen molar-refractivity contribution in [2.24, 2.45) is 0 Å². The summed E-state index contributed by atoms with van der Waals surface area (Å²) in [4.78, 5) is 23.0. The predicted octanol–water partition coefficient (Wildman–Crippen LogP) is 3.08. The Morgan fingerprint density at radius 3 is 2.52 bits per heavy atom. The van der Waals surface area contributed by atoms with E-state index in [1.165, 1.54) is 16.9 Å². The lowest BCUT2D eigenvalue weighted by molar-refractivity contribution is -0.116. The zero-order valence-electron chi connectivity index (χ0n) is 14.2. The number of carboxylic acid groups (broad SMARTS) is 1. The fraction of sp³-hybridized carbons (Fsp3) is 0.176. The molecule has 3 rings (SSSR count). The van der Waals surface area contributed by atoms with Crippen LogP contribution in [0.15, 0.2) is 36.5 Å². The number of nitrogens with zero attached hydrogens (tertiary/aromatic N) is 4. The minimum Gasteiger partial charge on any atom is -0.476 e. The number of amides is 1. The molecule has 1 aromatic carbocycles. The zero-order valence-corrected chi connectivity index (χ0v) is 15.7. The van der Waals surface area contributed by atoms with Crippen LogP contribution >= 0.6 is 23.2 Å². The van der Waals surface area contributed by atoms with Crippen LogP contribution < -0.4 is 5.32 Å². The molecule has 0 unspecified atom stereocenters. The van der Waals surface area contributed by atoms with Crippen molar-refractivity contribution in [2.45, 2.75) is 20.0 Å². The third-order valence-corrected chi connectivity index (χ3v) is 4.49. The summed E-state index contributed by atoms with van der Waals surface area (Å²) in [6, 6.07) is 8.30. The summed E-state index contributed by atoms with van der Waals surface area (Å²) < 4.78 is 2.92. The van der Waals surface area contributed by atoms with Crippen molar-refractivity contribution in [2.75, 3.05) is 5.32 Å². The Kier molecular flexibility index (Phi) is 5.48. The first-order valence-corrected chi connectivity index (χ1v) is 8.63. The third kappa shape index (κ3) is 4.47. The van der Waals surface area contributed by atoms with Gasteiger partial charge in [-0.05, 0) is 25.1 Å². The summed E-state index contributed by atoms with van der Waals surface area (Å²) >= 11 is 12.4. The van der Waals surface area contributed by atoms with Gasteiger partial charge in [-0.25, -0.2) is 4.79 Å². The van der Waals surface area contributed by atoms with E-state index in [0.717, 1.165) is 11.3 Å². The maximum atomic E-state index is 12.1. The topological polar surface area (TPSA) is 102 Å². The maximum Gasteiger partial charge on any atom is 0.356 e. The Labute approximate surface area is 164 Å². The summed E-state index contributed by atoms with van der Waals surface area (Å²) in [6.45, 7) is 2.08. The minimum atomic E-state index is -1.15. The number of nitrogens with one attached hydrogen (secondary N) is 1. The highest BCUT2D eigenvalue weighted by atomic mass is 35.5. The van der Waals surface area contributed by atoms with E-state index in [1.807, 2.05) is 6.92 Å². The van der Waals surface area contributed by atoms with Gasteiger partial charge in [0.25, 0.3) is 0 Å². The average molecular weight is 408 g/mol.